The Hall–Kier alpha value is -1.79. The highest BCUT2D eigenvalue weighted by atomic mass is 16.5. The van der Waals surface area contributed by atoms with E-state index in [0.717, 1.165) is 82.0 Å². The van der Waals surface area contributed by atoms with Crippen LogP contribution in [0.4, 0.5) is 5.69 Å². The number of benzene rings is 1. The number of anilines is 1. The number of carbonyl (C=O) groups is 1. The first-order chi connectivity index (χ1) is 12.2. The predicted molar refractivity (Wildman–Crippen MR) is 96.0 cm³/mol. The molecule has 0 aliphatic carbocycles. The van der Waals surface area contributed by atoms with Gasteiger partial charge in [0.05, 0.1) is 25.5 Å². The molecule has 136 valence electrons. The lowest BCUT2D eigenvalue weighted by molar-refractivity contribution is 0.00157. The van der Waals surface area contributed by atoms with Crippen molar-refractivity contribution in [3.05, 3.63) is 23.3 Å². The van der Waals surface area contributed by atoms with Gasteiger partial charge in [0.2, 0.25) is 0 Å². The monoisotopic (exact) mass is 345 g/mol. The zero-order chi connectivity index (χ0) is 17.2. The summed E-state index contributed by atoms with van der Waals surface area (Å²) in [5, 5.41) is 0. The molecule has 3 aliphatic rings. The number of rotatable bonds is 2. The van der Waals surface area contributed by atoms with Gasteiger partial charge in [-0.05, 0) is 37.8 Å². The second-order valence-corrected chi connectivity index (χ2v) is 7.13. The smallest absolute Gasteiger partial charge is 0.254 e. The molecule has 1 amide bonds. The number of amides is 1. The number of carbonyl (C=O) groups excluding carboxylic acids is 1. The molecular formula is C19H27N3O3. The SMILES string of the molecule is Nc1ccc(C(=O)N2CCC(N3CCOCC3)CC2)c2c1OCCC2. The maximum absolute atomic E-state index is 13.1. The van der Waals surface area contributed by atoms with Crippen molar-refractivity contribution < 1.29 is 14.3 Å². The van der Waals surface area contributed by atoms with E-state index in [9.17, 15) is 4.79 Å². The van der Waals surface area contributed by atoms with Crippen LogP contribution in [-0.2, 0) is 11.2 Å². The lowest BCUT2D eigenvalue weighted by Crippen LogP contribution is -2.50. The minimum absolute atomic E-state index is 0.127. The van der Waals surface area contributed by atoms with Gasteiger partial charge in [-0.1, -0.05) is 0 Å². The molecule has 0 radical (unpaired) electrons. The Bertz CT molecular complexity index is 635. The molecule has 0 unspecified atom stereocenters. The molecule has 4 rings (SSSR count). The number of nitrogens with zero attached hydrogens (tertiary/aromatic N) is 2. The molecule has 3 aliphatic heterocycles. The van der Waals surface area contributed by atoms with Gasteiger partial charge in [0.15, 0.2) is 0 Å². The number of fused-ring (bicyclic) bond motifs is 1. The van der Waals surface area contributed by atoms with Crippen molar-refractivity contribution in [2.24, 2.45) is 0 Å². The van der Waals surface area contributed by atoms with Crippen LogP contribution in [-0.4, -0.2) is 67.7 Å². The van der Waals surface area contributed by atoms with Gasteiger partial charge in [0, 0.05) is 43.3 Å². The van der Waals surface area contributed by atoms with Crippen LogP contribution in [0, 0.1) is 0 Å². The third kappa shape index (κ3) is 3.33. The number of hydrogen-bond acceptors (Lipinski definition) is 5. The summed E-state index contributed by atoms with van der Waals surface area (Å²) in [4.78, 5) is 17.6. The molecule has 6 nitrogen and oxygen atoms in total. The van der Waals surface area contributed by atoms with E-state index in [1.807, 2.05) is 11.0 Å². The minimum Gasteiger partial charge on any atom is -0.491 e. The van der Waals surface area contributed by atoms with Gasteiger partial charge in [-0.2, -0.15) is 0 Å². The topological polar surface area (TPSA) is 68.0 Å². The number of morpholine rings is 1. The second kappa shape index (κ2) is 7.22. The van der Waals surface area contributed by atoms with Gasteiger partial charge in [0.25, 0.3) is 5.91 Å². The van der Waals surface area contributed by atoms with Crippen LogP contribution < -0.4 is 10.5 Å². The molecule has 0 atom stereocenters. The van der Waals surface area contributed by atoms with Crippen molar-refractivity contribution in [3.8, 4) is 5.75 Å². The molecule has 3 heterocycles. The first-order valence-electron chi connectivity index (χ1n) is 9.39. The highest BCUT2D eigenvalue weighted by Gasteiger charge is 2.30. The summed E-state index contributed by atoms with van der Waals surface area (Å²) in [5.41, 5.74) is 8.42. The van der Waals surface area contributed by atoms with E-state index in [1.54, 1.807) is 6.07 Å². The van der Waals surface area contributed by atoms with Gasteiger partial charge >= 0.3 is 0 Å². The Morgan fingerprint density at radius 3 is 2.60 bits per heavy atom. The maximum atomic E-state index is 13.1. The summed E-state index contributed by atoms with van der Waals surface area (Å²) in [5.74, 6) is 0.850. The molecular weight excluding hydrogens is 318 g/mol. The maximum Gasteiger partial charge on any atom is 0.254 e. The van der Waals surface area contributed by atoms with E-state index in [4.69, 9.17) is 15.2 Å². The Morgan fingerprint density at radius 2 is 1.84 bits per heavy atom. The minimum atomic E-state index is 0.127. The first-order valence-corrected chi connectivity index (χ1v) is 9.39. The Morgan fingerprint density at radius 1 is 1.08 bits per heavy atom. The Kier molecular flexibility index (Phi) is 4.81. The molecule has 0 spiro atoms. The summed E-state index contributed by atoms with van der Waals surface area (Å²) >= 11 is 0. The van der Waals surface area contributed by atoms with Crippen molar-refractivity contribution in [2.45, 2.75) is 31.7 Å². The quantitative estimate of drug-likeness (QED) is 0.824. The molecule has 1 aromatic rings. The number of hydrogen-bond donors (Lipinski definition) is 1. The van der Waals surface area contributed by atoms with Gasteiger partial charge in [-0.3, -0.25) is 9.69 Å². The lowest BCUT2D eigenvalue weighted by Gasteiger charge is -2.40. The van der Waals surface area contributed by atoms with Gasteiger partial charge in [0.1, 0.15) is 5.75 Å². The van der Waals surface area contributed by atoms with Crippen LogP contribution in [0.15, 0.2) is 12.1 Å². The third-order valence-corrected chi connectivity index (χ3v) is 5.65. The van der Waals surface area contributed by atoms with Gasteiger partial charge in [-0.15, -0.1) is 0 Å². The molecule has 6 heteroatoms. The Balaban J connectivity index is 1.44. The molecule has 0 bridgehead atoms. The number of piperidine rings is 1. The van der Waals surface area contributed by atoms with Crippen molar-refractivity contribution in [3.63, 3.8) is 0 Å². The summed E-state index contributed by atoms with van der Waals surface area (Å²) in [6.45, 7) is 6.01. The number of ether oxygens (including phenoxy) is 2. The van der Waals surface area contributed by atoms with Crippen LogP contribution in [0.3, 0.4) is 0 Å². The highest BCUT2D eigenvalue weighted by molar-refractivity contribution is 5.97. The zero-order valence-corrected chi connectivity index (χ0v) is 14.7. The molecule has 2 fully saturated rings. The fourth-order valence-corrected chi connectivity index (χ4v) is 4.24. The fraction of sp³-hybridized carbons (Fsp3) is 0.632. The largest absolute Gasteiger partial charge is 0.491 e. The predicted octanol–water partition coefficient (Wildman–Crippen LogP) is 1.53. The highest BCUT2D eigenvalue weighted by Crippen LogP contribution is 2.34. The fourth-order valence-electron chi connectivity index (χ4n) is 4.24. The molecule has 0 aromatic heterocycles. The van der Waals surface area contributed by atoms with E-state index in [2.05, 4.69) is 4.90 Å². The number of likely N-dealkylation sites (tertiary alicyclic amines) is 1. The molecule has 0 saturated carbocycles. The second-order valence-electron chi connectivity index (χ2n) is 7.13. The van der Waals surface area contributed by atoms with Crippen LogP contribution in [0.2, 0.25) is 0 Å². The van der Waals surface area contributed by atoms with Crippen molar-refractivity contribution in [1.82, 2.24) is 9.80 Å². The van der Waals surface area contributed by atoms with E-state index in [1.165, 1.54) is 0 Å². The normalized spacial score (nSPS) is 22.3. The summed E-state index contributed by atoms with van der Waals surface area (Å²) in [7, 11) is 0. The van der Waals surface area contributed by atoms with Crippen molar-refractivity contribution in [1.29, 1.82) is 0 Å². The van der Waals surface area contributed by atoms with Crippen molar-refractivity contribution in [2.75, 3.05) is 51.7 Å². The summed E-state index contributed by atoms with van der Waals surface area (Å²) < 4.78 is 11.2. The van der Waals surface area contributed by atoms with Crippen LogP contribution in [0.1, 0.15) is 35.2 Å². The average Bonchev–Trinajstić information content (AvgIpc) is 2.69. The molecule has 25 heavy (non-hydrogen) atoms. The van der Waals surface area contributed by atoms with Gasteiger partial charge < -0.3 is 20.1 Å². The van der Waals surface area contributed by atoms with E-state index in [-0.39, 0.29) is 5.91 Å². The first kappa shape index (κ1) is 16.7. The van der Waals surface area contributed by atoms with E-state index < -0.39 is 0 Å². The lowest BCUT2D eigenvalue weighted by atomic mass is 9.96. The number of nitrogen functional groups attached to an aromatic ring is 1. The van der Waals surface area contributed by atoms with Crippen LogP contribution >= 0.6 is 0 Å². The van der Waals surface area contributed by atoms with Crippen LogP contribution in [0.25, 0.3) is 0 Å². The van der Waals surface area contributed by atoms with E-state index in [0.29, 0.717) is 18.3 Å². The van der Waals surface area contributed by atoms with Crippen LogP contribution in [0.5, 0.6) is 5.75 Å². The zero-order valence-electron chi connectivity index (χ0n) is 14.7. The summed E-state index contributed by atoms with van der Waals surface area (Å²) in [6.07, 6.45) is 3.89. The standard InChI is InChI=1S/C19H27N3O3/c20-17-4-3-16(15-2-1-11-25-18(15)17)19(23)22-7-5-14(6-8-22)21-9-12-24-13-10-21/h3-4,14H,1-2,5-13,20H2. The van der Waals surface area contributed by atoms with Crippen molar-refractivity contribution >= 4 is 11.6 Å². The average molecular weight is 345 g/mol. The summed E-state index contributed by atoms with van der Waals surface area (Å²) in [6, 6.07) is 4.26. The number of nitrogens with two attached hydrogens (primary N) is 1. The third-order valence-electron chi connectivity index (χ3n) is 5.65. The molecule has 2 saturated heterocycles. The Labute approximate surface area is 148 Å². The molecule has 1 aromatic carbocycles. The van der Waals surface area contributed by atoms with E-state index >= 15 is 0 Å². The van der Waals surface area contributed by atoms with Gasteiger partial charge in [-0.25, -0.2) is 0 Å². The molecule has 2 N–H and O–H groups in total.